The Morgan fingerprint density at radius 3 is 2.60 bits per heavy atom. The molecule has 3 amide bonds. The summed E-state index contributed by atoms with van der Waals surface area (Å²) < 4.78 is 11.6. The minimum absolute atomic E-state index is 0.0505. The Kier molecular flexibility index (Phi) is 7.31. The maximum Gasteiger partial charge on any atom is 0.251 e. The number of nitrogens with zero attached hydrogens (tertiary/aromatic N) is 1. The molecule has 2 aliphatic heterocycles. The summed E-state index contributed by atoms with van der Waals surface area (Å²) in [6, 6.07) is 13.1. The lowest BCUT2D eigenvalue weighted by Gasteiger charge is -2.25. The van der Waals surface area contributed by atoms with Crippen LogP contribution in [-0.2, 0) is 19.1 Å². The minimum Gasteiger partial charge on any atom is -0.384 e. The van der Waals surface area contributed by atoms with E-state index in [1.807, 2.05) is 31.2 Å². The van der Waals surface area contributed by atoms with E-state index in [2.05, 4.69) is 10.6 Å². The number of fused-ring (bicyclic) bond motifs is 3. The van der Waals surface area contributed by atoms with Crippen LogP contribution in [0.5, 0.6) is 0 Å². The lowest BCUT2D eigenvalue weighted by Crippen LogP contribution is -2.49. The van der Waals surface area contributed by atoms with Gasteiger partial charge in [-0.1, -0.05) is 30.3 Å². The predicted molar refractivity (Wildman–Crippen MR) is 155 cm³/mol. The topological polar surface area (TPSA) is 167 Å². The molecule has 3 aromatic rings. The summed E-state index contributed by atoms with van der Waals surface area (Å²) in [4.78, 5) is 42.2. The highest BCUT2D eigenvalue weighted by molar-refractivity contribution is 7.10. The van der Waals surface area contributed by atoms with E-state index < -0.39 is 29.7 Å². The Bertz CT molecular complexity index is 1580. The molecule has 1 aliphatic carbocycles. The molecule has 2 aromatic carbocycles. The van der Waals surface area contributed by atoms with Gasteiger partial charge in [0.25, 0.3) is 5.91 Å². The van der Waals surface area contributed by atoms with Gasteiger partial charge in [-0.15, -0.1) is 11.3 Å². The zero-order valence-corrected chi connectivity index (χ0v) is 23.7. The van der Waals surface area contributed by atoms with E-state index in [9.17, 15) is 19.5 Å². The Hall–Kier alpha value is -4.10. The van der Waals surface area contributed by atoms with Crippen LogP contribution in [-0.4, -0.2) is 71.7 Å². The van der Waals surface area contributed by atoms with Crippen LogP contribution in [0.15, 0.2) is 53.9 Å². The van der Waals surface area contributed by atoms with E-state index >= 15 is 0 Å². The molecule has 0 bridgehead atoms. The molecule has 11 nitrogen and oxygen atoms in total. The van der Waals surface area contributed by atoms with Gasteiger partial charge in [0.1, 0.15) is 18.0 Å². The normalized spacial score (nSPS) is 20.7. The number of thiophene rings is 1. The highest BCUT2D eigenvalue weighted by atomic mass is 32.1. The number of rotatable bonds is 7. The van der Waals surface area contributed by atoms with E-state index in [0.29, 0.717) is 24.3 Å². The molecule has 1 spiro atoms. The molecule has 0 radical (unpaired) electrons. The number of hydrogen-bond donors (Lipinski definition) is 5. The number of ether oxygens (including phenoxy) is 2. The number of carbonyl (C=O) groups excluding carboxylic acids is 3. The Morgan fingerprint density at radius 1 is 1.12 bits per heavy atom. The Balaban J connectivity index is 1.14. The SMILES string of the molecule is CC(NC(=O)[C@@H]1CC2(CN1C(=O)CNC(=O)c1ccc3c(c1)-c1ccccc1C3O)OCCO2)c1cc(C(=N)N)cs1. The molecule has 218 valence electrons. The standard InChI is InChI=1S/C30H31N5O6S/c1-16(24-11-18(14-42-24)27(31)32)34-29(39)23-12-30(40-8-9-41-30)15-35(23)25(36)13-33-28(38)17-6-7-21-22(10-17)19-4-2-3-5-20(19)26(21)37/h2-7,10-11,14,16,23,26,37H,8-9,12-13,15H2,1H3,(H3,31,32)(H,33,38)(H,34,39)/t16?,23-,26?/m0/s1. The van der Waals surface area contributed by atoms with Gasteiger partial charge < -0.3 is 35.8 Å². The molecule has 2 fully saturated rings. The second kappa shape index (κ2) is 11.0. The van der Waals surface area contributed by atoms with Crippen molar-refractivity contribution in [3.05, 3.63) is 81.0 Å². The molecule has 12 heteroatoms. The monoisotopic (exact) mass is 589 g/mol. The third-order valence-corrected chi connectivity index (χ3v) is 9.12. The van der Waals surface area contributed by atoms with Crippen molar-refractivity contribution in [1.29, 1.82) is 5.41 Å². The fraction of sp³-hybridized carbons (Fsp3) is 0.333. The van der Waals surface area contributed by atoms with Gasteiger partial charge in [0.2, 0.25) is 11.8 Å². The molecule has 0 saturated carbocycles. The average molecular weight is 590 g/mol. The van der Waals surface area contributed by atoms with Crippen molar-refractivity contribution >= 4 is 34.9 Å². The van der Waals surface area contributed by atoms with Crippen molar-refractivity contribution in [3.63, 3.8) is 0 Å². The molecule has 1 aromatic heterocycles. The first-order valence-corrected chi connectivity index (χ1v) is 14.5. The third-order valence-electron chi connectivity index (χ3n) is 8.00. The molecule has 3 aliphatic rings. The molecule has 42 heavy (non-hydrogen) atoms. The molecule has 3 atom stereocenters. The maximum absolute atomic E-state index is 13.4. The summed E-state index contributed by atoms with van der Waals surface area (Å²) in [5.74, 6) is -2.37. The number of aliphatic hydroxyl groups is 1. The first-order valence-electron chi connectivity index (χ1n) is 13.7. The number of carbonyl (C=O) groups is 3. The first-order chi connectivity index (χ1) is 20.2. The van der Waals surface area contributed by atoms with Crippen LogP contribution in [0.1, 0.15) is 57.4 Å². The fourth-order valence-electron chi connectivity index (χ4n) is 5.82. The molecule has 6 rings (SSSR count). The molecule has 2 unspecified atom stereocenters. The number of benzene rings is 2. The minimum atomic E-state index is -1.07. The summed E-state index contributed by atoms with van der Waals surface area (Å²) in [6.07, 6.45) is -0.583. The van der Waals surface area contributed by atoms with Crippen molar-refractivity contribution in [2.24, 2.45) is 5.73 Å². The summed E-state index contributed by atoms with van der Waals surface area (Å²) in [6.45, 7) is 2.29. The van der Waals surface area contributed by atoms with E-state index in [-0.39, 0.29) is 37.3 Å². The second-order valence-electron chi connectivity index (χ2n) is 10.7. The van der Waals surface area contributed by atoms with Crippen molar-refractivity contribution < 1.29 is 29.0 Å². The number of amidine groups is 1. The Morgan fingerprint density at radius 2 is 1.86 bits per heavy atom. The van der Waals surface area contributed by atoms with Gasteiger partial charge in [-0.25, -0.2) is 0 Å². The van der Waals surface area contributed by atoms with Crippen molar-refractivity contribution in [3.8, 4) is 11.1 Å². The van der Waals surface area contributed by atoms with Crippen LogP contribution in [0.3, 0.4) is 0 Å². The Labute approximate surface area is 246 Å². The van der Waals surface area contributed by atoms with Gasteiger partial charge in [0, 0.05) is 27.8 Å². The van der Waals surface area contributed by atoms with Gasteiger partial charge in [-0.05, 0) is 47.4 Å². The lowest BCUT2D eigenvalue weighted by atomic mass is 10.0. The predicted octanol–water partition coefficient (Wildman–Crippen LogP) is 2.05. The summed E-state index contributed by atoms with van der Waals surface area (Å²) in [5, 5.41) is 25.7. The molecular weight excluding hydrogens is 558 g/mol. The van der Waals surface area contributed by atoms with Gasteiger partial charge in [-0.2, -0.15) is 0 Å². The van der Waals surface area contributed by atoms with Gasteiger partial charge in [0.05, 0.1) is 32.3 Å². The largest absolute Gasteiger partial charge is 0.384 e. The smallest absolute Gasteiger partial charge is 0.251 e. The van der Waals surface area contributed by atoms with Crippen molar-refractivity contribution in [1.82, 2.24) is 15.5 Å². The van der Waals surface area contributed by atoms with Crippen LogP contribution < -0.4 is 16.4 Å². The number of nitrogen functional groups attached to an aromatic ring is 1. The number of hydrogen-bond acceptors (Lipinski definition) is 8. The van der Waals surface area contributed by atoms with Crippen LogP contribution >= 0.6 is 11.3 Å². The molecule has 6 N–H and O–H groups in total. The van der Waals surface area contributed by atoms with Crippen LogP contribution in [0.2, 0.25) is 0 Å². The van der Waals surface area contributed by atoms with Gasteiger partial charge >= 0.3 is 0 Å². The summed E-state index contributed by atoms with van der Waals surface area (Å²) in [7, 11) is 0. The second-order valence-corrected chi connectivity index (χ2v) is 11.6. The third kappa shape index (κ3) is 5.07. The van der Waals surface area contributed by atoms with E-state index in [4.69, 9.17) is 20.6 Å². The van der Waals surface area contributed by atoms with E-state index in [1.165, 1.54) is 16.2 Å². The number of likely N-dealkylation sites (tertiary alicyclic amines) is 1. The zero-order valence-electron chi connectivity index (χ0n) is 22.9. The number of aliphatic hydroxyl groups excluding tert-OH is 1. The fourth-order valence-corrected chi connectivity index (χ4v) is 6.74. The number of nitrogens with one attached hydrogen (secondary N) is 3. The molecule has 2 saturated heterocycles. The lowest BCUT2D eigenvalue weighted by molar-refractivity contribution is -0.152. The number of nitrogens with two attached hydrogens (primary N) is 1. The number of amides is 3. The molecular formula is C30H31N5O6S. The average Bonchev–Trinajstić information content (AvgIpc) is 3.79. The van der Waals surface area contributed by atoms with E-state index in [0.717, 1.165) is 27.1 Å². The highest BCUT2D eigenvalue weighted by Crippen LogP contribution is 2.43. The van der Waals surface area contributed by atoms with Gasteiger partial charge in [0.15, 0.2) is 5.79 Å². The van der Waals surface area contributed by atoms with E-state index in [1.54, 1.807) is 29.6 Å². The van der Waals surface area contributed by atoms with Crippen LogP contribution in [0, 0.1) is 5.41 Å². The van der Waals surface area contributed by atoms with Crippen LogP contribution in [0.4, 0.5) is 0 Å². The summed E-state index contributed by atoms with van der Waals surface area (Å²) in [5.41, 5.74) is 9.67. The van der Waals surface area contributed by atoms with Gasteiger partial charge in [-0.3, -0.25) is 19.8 Å². The first kappa shape index (κ1) is 28.0. The van der Waals surface area contributed by atoms with Crippen molar-refractivity contribution in [2.45, 2.75) is 37.3 Å². The summed E-state index contributed by atoms with van der Waals surface area (Å²) >= 11 is 1.38. The van der Waals surface area contributed by atoms with Crippen molar-refractivity contribution in [2.75, 3.05) is 26.3 Å². The maximum atomic E-state index is 13.4. The highest BCUT2D eigenvalue weighted by Gasteiger charge is 2.52. The quantitative estimate of drug-likeness (QED) is 0.208. The van der Waals surface area contributed by atoms with Crippen LogP contribution in [0.25, 0.3) is 11.1 Å². The zero-order chi connectivity index (χ0) is 29.6. The molecule has 3 heterocycles.